The third-order valence-electron chi connectivity index (χ3n) is 2.30. The van der Waals surface area contributed by atoms with Crippen molar-refractivity contribution >= 4 is 17.7 Å². The number of ether oxygens (including phenoxy) is 2. The van der Waals surface area contributed by atoms with Gasteiger partial charge in [0.2, 0.25) is 0 Å². The number of carboxylic acid groups (broad SMARTS) is 1. The van der Waals surface area contributed by atoms with Gasteiger partial charge in [0, 0.05) is 11.3 Å². The molecule has 0 atom stereocenters. The number of terminal acetylenes is 1. The van der Waals surface area contributed by atoms with Crippen molar-refractivity contribution in [2.75, 3.05) is 11.9 Å². The highest BCUT2D eigenvalue weighted by Gasteiger charge is 2.16. The van der Waals surface area contributed by atoms with Gasteiger partial charge in [-0.2, -0.15) is 0 Å². The van der Waals surface area contributed by atoms with Crippen LogP contribution in [0.2, 0.25) is 0 Å². The minimum Gasteiger partial charge on any atom is -0.480 e. The zero-order valence-corrected chi connectivity index (χ0v) is 12.8. The van der Waals surface area contributed by atoms with Gasteiger partial charge in [0.25, 0.3) is 0 Å². The largest absolute Gasteiger partial charge is 0.480 e. The number of carbonyl (C=O) groups excluding carboxylic acids is 1. The summed E-state index contributed by atoms with van der Waals surface area (Å²) in [4.78, 5) is 22.2. The Morgan fingerprint density at radius 3 is 2.55 bits per heavy atom. The lowest BCUT2D eigenvalue weighted by molar-refractivity contribution is -0.142. The van der Waals surface area contributed by atoms with Gasteiger partial charge in [-0.15, -0.1) is 6.42 Å². The molecule has 0 aliphatic heterocycles. The van der Waals surface area contributed by atoms with Crippen molar-refractivity contribution in [2.24, 2.45) is 0 Å². The molecule has 6 heteroatoms. The van der Waals surface area contributed by atoms with E-state index in [1.807, 2.05) is 0 Å². The van der Waals surface area contributed by atoms with Crippen LogP contribution in [0.25, 0.3) is 0 Å². The van der Waals surface area contributed by atoms with Crippen LogP contribution in [0.1, 0.15) is 31.9 Å². The molecule has 0 saturated heterocycles. The summed E-state index contributed by atoms with van der Waals surface area (Å²) in [5.41, 5.74) is 1.05. The molecule has 6 nitrogen and oxygen atoms in total. The lowest BCUT2D eigenvalue weighted by Crippen LogP contribution is -2.27. The second-order valence-electron chi connectivity index (χ2n) is 5.58. The standard InChI is InChI=1S/C16H19NO5/c1-5-11-6-12(9-21-10-14(18)19)8-13(7-11)17-15(20)22-16(2,3)4/h1,6-8H,9-10H2,2-4H3,(H,17,20)(H,18,19). The van der Waals surface area contributed by atoms with Crippen LogP contribution in [0.4, 0.5) is 10.5 Å². The van der Waals surface area contributed by atoms with E-state index in [4.69, 9.17) is 21.0 Å². The molecule has 22 heavy (non-hydrogen) atoms. The van der Waals surface area contributed by atoms with Crippen LogP contribution in [-0.4, -0.2) is 29.4 Å². The first-order chi connectivity index (χ1) is 10.2. The van der Waals surface area contributed by atoms with Crippen molar-refractivity contribution < 1.29 is 24.2 Å². The fourth-order valence-corrected chi connectivity index (χ4v) is 1.61. The Kier molecular flexibility index (Phi) is 5.96. The molecular weight excluding hydrogens is 286 g/mol. The maximum atomic E-state index is 11.7. The lowest BCUT2D eigenvalue weighted by atomic mass is 10.1. The number of hydrogen-bond donors (Lipinski definition) is 2. The topological polar surface area (TPSA) is 84.9 Å². The van der Waals surface area contributed by atoms with Gasteiger partial charge < -0.3 is 14.6 Å². The fourth-order valence-electron chi connectivity index (χ4n) is 1.61. The number of carbonyl (C=O) groups is 2. The highest BCUT2D eigenvalue weighted by molar-refractivity contribution is 5.85. The number of carboxylic acids is 1. The Hall–Kier alpha value is -2.52. The van der Waals surface area contributed by atoms with Crippen molar-refractivity contribution in [3.8, 4) is 12.3 Å². The van der Waals surface area contributed by atoms with Gasteiger partial charge >= 0.3 is 12.1 Å². The summed E-state index contributed by atoms with van der Waals surface area (Å²) >= 11 is 0. The molecule has 1 amide bonds. The zero-order valence-electron chi connectivity index (χ0n) is 12.8. The van der Waals surface area contributed by atoms with Crippen LogP contribution in [0.15, 0.2) is 18.2 Å². The minimum absolute atomic E-state index is 0.0742. The molecule has 0 heterocycles. The highest BCUT2D eigenvalue weighted by atomic mass is 16.6. The molecular formula is C16H19NO5. The number of nitrogens with one attached hydrogen (secondary N) is 1. The van der Waals surface area contributed by atoms with E-state index in [0.717, 1.165) is 0 Å². The molecule has 1 rings (SSSR count). The number of rotatable bonds is 5. The number of anilines is 1. The number of aliphatic carboxylic acids is 1. The normalized spacial score (nSPS) is 10.6. The molecule has 1 aromatic rings. The molecule has 2 N–H and O–H groups in total. The Labute approximate surface area is 129 Å². The van der Waals surface area contributed by atoms with Gasteiger partial charge in [-0.3, -0.25) is 5.32 Å². The lowest BCUT2D eigenvalue weighted by Gasteiger charge is -2.20. The number of benzene rings is 1. The van der Waals surface area contributed by atoms with Gasteiger partial charge in [-0.05, 0) is 44.5 Å². The monoisotopic (exact) mass is 305 g/mol. The van der Waals surface area contributed by atoms with Crippen molar-refractivity contribution in [3.05, 3.63) is 29.3 Å². The summed E-state index contributed by atoms with van der Waals surface area (Å²) in [5.74, 6) is 1.41. The van der Waals surface area contributed by atoms with E-state index in [2.05, 4.69) is 11.2 Å². The van der Waals surface area contributed by atoms with E-state index >= 15 is 0 Å². The molecule has 0 saturated carbocycles. The predicted octanol–water partition coefficient (Wildman–Crippen LogP) is 2.62. The Morgan fingerprint density at radius 2 is 2.00 bits per heavy atom. The Morgan fingerprint density at radius 1 is 1.32 bits per heavy atom. The van der Waals surface area contributed by atoms with Gasteiger partial charge in [0.05, 0.1) is 6.61 Å². The summed E-state index contributed by atoms with van der Waals surface area (Å²) in [6, 6.07) is 4.94. The van der Waals surface area contributed by atoms with Crippen LogP contribution < -0.4 is 5.32 Å². The quantitative estimate of drug-likeness (QED) is 0.817. The smallest absolute Gasteiger partial charge is 0.412 e. The fraction of sp³-hybridized carbons (Fsp3) is 0.375. The third-order valence-corrected chi connectivity index (χ3v) is 2.30. The number of hydrogen-bond acceptors (Lipinski definition) is 4. The van der Waals surface area contributed by atoms with Crippen LogP contribution in [-0.2, 0) is 20.9 Å². The maximum absolute atomic E-state index is 11.7. The number of amides is 1. The molecule has 0 aromatic heterocycles. The second-order valence-corrected chi connectivity index (χ2v) is 5.58. The summed E-state index contributed by atoms with van der Waals surface area (Å²) in [5, 5.41) is 11.1. The molecule has 0 unspecified atom stereocenters. The van der Waals surface area contributed by atoms with E-state index in [-0.39, 0.29) is 6.61 Å². The molecule has 0 aliphatic rings. The summed E-state index contributed by atoms with van der Waals surface area (Å²) in [7, 11) is 0. The average Bonchev–Trinajstić information content (AvgIpc) is 2.35. The first kappa shape index (κ1) is 17.5. The van der Waals surface area contributed by atoms with E-state index in [0.29, 0.717) is 16.8 Å². The van der Waals surface area contributed by atoms with Crippen molar-refractivity contribution in [1.82, 2.24) is 0 Å². The zero-order chi connectivity index (χ0) is 16.8. The third kappa shape index (κ3) is 6.77. The van der Waals surface area contributed by atoms with Gasteiger partial charge in [0.15, 0.2) is 0 Å². The first-order valence-electron chi connectivity index (χ1n) is 6.60. The van der Waals surface area contributed by atoms with Crippen LogP contribution in [0.5, 0.6) is 0 Å². The van der Waals surface area contributed by atoms with Crippen LogP contribution in [0.3, 0.4) is 0 Å². The van der Waals surface area contributed by atoms with Crippen LogP contribution >= 0.6 is 0 Å². The molecule has 0 fully saturated rings. The van der Waals surface area contributed by atoms with Crippen molar-refractivity contribution in [2.45, 2.75) is 33.0 Å². The van der Waals surface area contributed by atoms with Crippen molar-refractivity contribution in [1.29, 1.82) is 0 Å². The predicted molar refractivity (Wildman–Crippen MR) is 81.5 cm³/mol. The van der Waals surface area contributed by atoms with Gasteiger partial charge in [-0.1, -0.05) is 5.92 Å². The van der Waals surface area contributed by atoms with Crippen molar-refractivity contribution in [3.63, 3.8) is 0 Å². The Balaban J connectivity index is 2.80. The molecule has 0 bridgehead atoms. The van der Waals surface area contributed by atoms with Gasteiger partial charge in [-0.25, -0.2) is 9.59 Å². The van der Waals surface area contributed by atoms with Crippen LogP contribution in [0, 0.1) is 12.3 Å². The summed E-state index contributed by atoms with van der Waals surface area (Å²) < 4.78 is 10.2. The second kappa shape index (κ2) is 7.48. The molecule has 118 valence electrons. The van der Waals surface area contributed by atoms with E-state index in [1.165, 1.54) is 0 Å². The Bertz CT molecular complexity index is 596. The molecule has 0 aliphatic carbocycles. The minimum atomic E-state index is -1.06. The molecule has 1 aromatic carbocycles. The van der Waals surface area contributed by atoms with Gasteiger partial charge in [0.1, 0.15) is 12.2 Å². The SMILES string of the molecule is C#Cc1cc(COCC(=O)O)cc(NC(=O)OC(C)(C)C)c1. The summed E-state index contributed by atoms with van der Waals surface area (Å²) in [6.07, 6.45) is 4.77. The van der Waals surface area contributed by atoms with E-state index < -0.39 is 24.3 Å². The average molecular weight is 305 g/mol. The molecule has 0 radical (unpaired) electrons. The van der Waals surface area contributed by atoms with E-state index in [1.54, 1.807) is 39.0 Å². The van der Waals surface area contributed by atoms with E-state index in [9.17, 15) is 9.59 Å². The first-order valence-corrected chi connectivity index (χ1v) is 6.60. The molecule has 0 spiro atoms. The summed E-state index contributed by atoms with van der Waals surface area (Å²) in [6.45, 7) is 4.95. The highest BCUT2D eigenvalue weighted by Crippen LogP contribution is 2.17. The maximum Gasteiger partial charge on any atom is 0.412 e.